The number of hydrogen-bond donors (Lipinski definition) is 1. The number of amides is 1. The van der Waals surface area contributed by atoms with Crippen LogP contribution in [-0.4, -0.2) is 25.2 Å². The van der Waals surface area contributed by atoms with Crippen molar-refractivity contribution in [3.63, 3.8) is 0 Å². The van der Waals surface area contributed by atoms with Crippen LogP contribution in [0.15, 0.2) is 71.7 Å². The van der Waals surface area contributed by atoms with Crippen LogP contribution in [0.3, 0.4) is 0 Å². The lowest BCUT2D eigenvalue weighted by atomic mass is 9.95. The molecular formula is C23H20BrN5O. The van der Waals surface area contributed by atoms with Crippen LogP contribution in [0, 0.1) is 0 Å². The summed E-state index contributed by atoms with van der Waals surface area (Å²) < 4.78 is 4.82. The van der Waals surface area contributed by atoms with Gasteiger partial charge in [-0.15, -0.1) is 0 Å². The molecule has 0 radical (unpaired) electrons. The Labute approximate surface area is 182 Å². The number of nitrogens with one attached hydrogen (secondary N) is 1. The maximum Gasteiger partial charge on any atom is 0.276 e. The molecule has 30 heavy (non-hydrogen) atoms. The van der Waals surface area contributed by atoms with E-state index in [0.29, 0.717) is 5.69 Å². The van der Waals surface area contributed by atoms with Gasteiger partial charge in [0, 0.05) is 39.5 Å². The summed E-state index contributed by atoms with van der Waals surface area (Å²) in [6.07, 6.45) is 9.33. The molecule has 0 saturated carbocycles. The van der Waals surface area contributed by atoms with Gasteiger partial charge in [-0.1, -0.05) is 28.1 Å². The van der Waals surface area contributed by atoms with Crippen molar-refractivity contribution in [1.82, 2.24) is 19.3 Å². The number of nitrogens with zero attached hydrogens (tertiary/aromatic N) is 4. The normalized spacial score (nSPS) is 13.1. The third-order valence-corrected chi connectivity index (χ3v) is 5.85. The fraction of sp³-hybridized carbons (Fsp3) is 0.174. The topological polar surface area (TPSA) is 64.7 Å². The summed E-state index contributed by atoms with van der Waals surface area (Å²) in [5.74, 6) is -0.176. The largest absolute Gasteiger partial charge is 0.321 e. The lowest BCUT2D eigenvalue weighted by Crippen LogP contribution is -2.15. The summed E-state index contributed by atoms with van der Waals surface area (Å²) in [5, 5.41) is 7.77. The Bertz CT molecular complexity index is 1210. The molecule has 0 aliphatic heterocycles. The Balaban J connectivity index is 1.48. The van der Waals surface area contributed by atoms with Gasteiger partial charge in [0.25, 0.3) is 5.91 Å². The van der Waals surface area contributed by atoms with Crippen molar-refractivity contribution in [2.75, 3.05) is 5.32 Å². The SMILES string of the molecule is O=C(Nc1cccc(-n2ccnc2)c1)c1nn(-c2cccc(Br)c2)c2c1CCCC2. The Morgan fingerprint density at radius 1 is 1.03 bits per heavy atom. The summed E-state index contributed by atoms with van der Waals surface area (Å²) in [6.45, 7) is 0. The molecule has 5 rings (SSSR count). The second-order valence-electron chi connectivity index (χ2n) is 7.35. The molecule has 1 aliphatic carbocycles. The standard InChI is InChI=1S/C23H20BrN5O/c24-16-5-3-8-19(13-16)29-21-10-2-1-9-20(21)22(27-29)23(30)26-17-6-4-7-18(14-17)28-12-11-25-15-28/h3-8,11-15H,1-2,9-10H2,(H,26,30). The predicted octanol–water partition coefficient (Wildman–Crippen LogP) is 4.95. The maximum atomic E-state index is 13.2. The van der Waals surface area contributed by atoms with Gasteiger partial charge in [0.15, 0.2) is 5.69 Å². The van der Waals surface area contributed by atoms with Crippen molar-refractivity contribution in [3.8, 4) is 11.4 Å². The van der Waals surface area contributed by atoms with E-state index in [2.05, 4.69) is 26.2 Å². The third kappa shape index (κ3) is 3.57. The lowest BCUT2D eigenvalue weighted by molar-refractivity contribution is 0.102. The summed E-state index contributed by atoms with van der Waals surface area (Å²) in [6, 6.07) is 15.7. The van der Waals surface area contributed by atoms with Gasteiger partial charge >= 0.3 is 0 Å². The number of rotatable bonds is 4. The summed E-state index contributed by atoms with van der Waals surface area (Å²) in [7, 11) is 0. The first-order valence-electron chi connectivity index (χ1n) is 9.95. The zero-order chi connectivity index (χ0) is 20.5. The van der Waals surface area contributed by atoms with Crippen molar-refractivity contribution in [2.24, 2.45) is 0 Å². The van der Waals surface area contributed by atoms with Crippen LogP contribution in [0.1, 0.15) is 34.6 Å². The number of hydrogen-bond acceptors (Lipinski definition) is 3. The highest BCUT2D eigenvalue weighted by molar-refractivity contribution is 9.10. The van der Waals surface area contributed by atoms with Gasteiger partial charge in [-0.2, -0.15) is 5.10 Å². The van der Waals surface area contributed by atoms with E-state index in [-0.39, 0.29) is 5.91 Å². The number of carbonyl (C=O) groups excluding carboxylic acids is 1. The number of carbonyl (C=O) groups is 1. The zero-order valence-corrected chi connectivity index (χ0v) is 17.8. The van der Waals surface area contributed by atoms with Crippen molar-refractivity contribution in [2.45, 2.75) is 25.7 Å². The minimum absolute atomic E-state index is 0.176. The van der Waals surface area contributed by atoms with Crippen molar-refractivity contribution >= 4 is 27.5 Å². The quantitative estimate of drug-likeness (QED) is 0.467. The molecular weight excluding hydrogens is 442 g/mol. The molecule has 1 N–H and O–H groups in total. The number of aromatic nitrogens is 4. The molecule has 0 unspecified atom stereocenters. The van der Waals surface area contributed by atoms with Crippen LogP contribution < -0.4 is 5.32 Å². The summed E-state index contributed by atoms with van der Waals surface area (Å²) >= 11 is 3.53. The Kier molecular flexibility index (Phi) is 4.96. The molecule has 2 aromatic heterocycles. The fourth-order valence-electron chi connectivity index (χ4n) is 3.95. The molecule has 0 spiro atoms. The average molecular weight is 462 g/mol. The Morgan fingerprint density at radius 3 is 2.70 bits per heavy atom. The van der Waals surface area contributed by atoms with Gasteiger partial charge < -0.3 is 9.88 Å². The van der Waals surface area contributed by atoms with E-state index in [0.717, 1.165) is 58.5 Å². The van der Waals surface area contributed by atoms with E-state index in [9.17, 15) is 4.79 Å². The minimum Gasteiger partial charge on any atom is -0.321 e. The van der Waals surface area contributed by atoms with Gasteiger partial charge in [0.2, 0.25) is 0 Å². The highest BCUT2D eigenvalue weighted by atomic mass is 79.9. The van der Waals surface area contributed by atoms with Crippen LogP contribution >= 0.6 is 15.9 Å². The smallest absolute Gasteiger partial charge is 0.276 e. The molecule has 1 aliphatic rings. The van der Waals surface area contributed by atoms with E-state index in [4.69, 9.17) is 5.10 Å². The maximum absolute atomic E-state index is 13.2. The molecule has 4 aromatic rings. The van der Waals surface area contributed by atoms with Crippen molar-refractivity contribution < 1.29 is 4.79 Å². The van der Waals surface area contributed by atoms with Crippen LogP contribution in [0.4, 0.5) is 5.69 Å². The van der Waals surface area contributed by atoms with Crippen molar-refractivity contribution in [3.05, 3.63) is 88.7 Å². The first-order chi connectivity index (χ1) is 14.7. The lowest BCUT2D eigenvalue weighted by Gasteiger charge is -2.14. The minimum atomic E-state index is -0.176. The number of benzene rings is 2. The molecule has 6 nitrogen and oxygen atoms in total. The van der Waals surface area contributed by atoms with Crippen LogP contribution in [0.5, 0.6) is 0 Å². The van der Waals surface area contributed by atoms with E-state index in [1.807, 2.05) is 64.0 Å². The molecule has 7 heteroatoms. The van der Waals surface area contributed by atoms with E-state index >= 15 is 0 Å². The van der Waals surface area contributed by atoms with E-state index in [1.54, 1.807) is 12.5 Å². The Morgan fingerprint density at radius 2 is 1.87 bits per heavy atom. The van der Waals surface area contributed by atoms with Gasteiger partial charge in [-0.05, 0) is 62.1 Å². The second-order valence-corrected chi connectivity index (χ2v) is 8.26. The molecule has 1 amide bonds. The van der Waals surface area contributed by atoms with Crippen LogP contribution in [0.2, 0.25) is 0 Å². The molecule has 2 heterocycles. The van der Waals surface area contributed by atoms with E-state index in [1.165, 1.54) is 0 Å². The fourth-order valence-corrected chi connectivity index (χ4v) is 4.34. The predicted molar refractivity (Wildman–Crippen MR) is 119 cm³/mol. The molecule has 0 bridgehead atoms. The van der Waals surface area contributed by atoms with Crippen LogP contribution in [0.25, 0.3) is 11.4 Å². The van der Waals surface area contributed by atoms with Crippen LogP contribution in [-0.2, 0) is 12.8 Å². The molecule has 150 valence electrons. The highest BCUT2D eigenvalue weighted by Crippen LogP contribution is 2.28. The first-order valence-corrected chi connectivity index (χ1v) is 10.7. The average Bonchev–Trinajstić information content (AvgIpc) is 3.42. The molecule has 0 fully saturated rings. The molecule has 0 atom stereocenters. The van der Waals surface area contributed by atoms with Gasteiger partial charge in [-0.25, -0.2) is 9.67 Å². The van der Waals surface area contributed by atoms with Crippen molar-refractivity contribution in [1.29, 1.82) is 0 Å². The zero-order valence-electron chi connectivity index (χ0n) is 16.3. The Hall–Kier alpha value is -3.19. The van der Waals surface area contributed by atoms with E-state index < -0.39 is 0 Å². The monoisotopic (exact) mass is 461 g/mol. The number of imidazole rings is 1. The number of fused-ring (bicyclic) bond motifs is 1. The number of halogens is 1. The highest BCUT2D eigenvalue weighted by Gasteiger charge is 2.25. The number of anilines is 1. The van der Waals surface area contributed by atoms with Gasteiger partial charge in [-0.3, -0.25) is 4.79 Å². The molecule has 2 aromatic carbocycles. The molecule has 0 saturated heterocycles. The second kappa shape index (κ2) is 7.91. The summed E-state index contributed by atoms with van der Waals surface area (Å²) in [4.78, 5) is 17.3. The van der Waals surface area contributed by atoms with Gasteiger partial charge in [0.05, 0.1) is 12.0 Å². The first kappa shape index (κ1) is 18.8. The summed E-state index contributed by atoms with van der Waals surface area (Å²) in [5.41, 5.74) is 5.34. The third-order valence-electron chi connectivity index (χ3n) is 5.35. The van der Waals surface area contributed by atoms with Gasteiger partial charge in [0.1, 0.15) is 0 Å².